The van der Waals surface area contributed by atoms with Crippen LogP contribution in [0.5, 0.6) is 0 Å². The van der Waals surface area contributed by atoms with Gasteiger partial charge >= 0.3 is 0 Å². The van der Waals surface area contributed by atoms with Crippen molar-refractivity contribution in [2.75, 3.05) is 5.75 Å². The van der Waals surface area contributed by atoms with Gasteiger partial charge in [0.05, 0.1) is 5.69 Å². The van der Waals surface area contributed by atoms with Crippen LogP contribution >= 0.6 is 11.8 Å². The first-order valence-electron chi connectivity index (χ1n) is 5.09. The quantitative estimate of drug-likeness (QED) is 0.534. The van der Waals surface area contributed by atoms with Gasteiger partial charge in [-0.3, -0.25) is 4.99 Å². The van der Waals surface area contributed by atoms with E-state index in [1.165, 1.54) is 23.3 Å². The third-order valence-electron chi connectivity index (χ3n) is 2.51. The van der Waals surface area contributed by atoms with E-state index in [1.54, 1.807) is 0 Å². The van der Waals surface area contributed by atoms with Crippen LogP contribution in [-0.2, 0) is 0 Å². The summed E-state index contributed by atoms with van der Waals surface area (Å²) < 4.78 is 0. The summed E-state index contributed by atoms with van der Waals surface area (Å²) >= 11 is 1.85. The number of hydrogen-bond acceptors (Lipinski definition) is 2. The van der Waals surface area contributed by atoms with Gasteiger partial charge in [0.15, 0.2) is 0 Å². The minimum absolute atomic E-state index is 0.757. The van der Waals surface area contributed by atoms with Crippen molar-refractivity contribution >= 4 is 24.2 Å². The smallest absolute Gasteiger partial charge is 0.0792 e. The van der Waals surface area contributed by atoms with Crippen molar-refractivity contribution in [3.05, 3.63) is 23.8 Å². The summed E-state index contributed by atoms with van der Waals surface area (Å²) in [5, 5.41) is 0. The van der Waals surface area contributed by atoms with E-state index in [1.807, 2.05) is 11.8 Å². The fourth-order valence-electron chi connectivity index (χ4n) is 1.70. The summed E-state index contributed by atoms with van der Waals surface area (Å²) in [6, 6.07) is 6.48. The summed E-state index contributed by atoms with van der Waals surface area (Å²) in [5.41, 5.74) is 2.53. The molecule has 1 saturated carbocycles. The van der Waals surface area contributed by atoms with Gasteiger partial charge in [-0.2, -0.15) is 0 Å². The van der Waals surface area contributed by atoms with Crippen LogP contribution in [-0.4, -0.2) is 12.5 Å². The average molecular weight is 205 g/mol. The predicted octanol–water partition coefficient (Wildman–Crippen LogP) is 4.01. The lowest BCUT2D eigenvalue weighted by atomic mass is 10.1. The van der Waals surface area contributed by atoms with Crippen LogP contribution in [0.25, 0.3) is 0 Å². The van der Waals surface area contributed by atoms with E-state index in [-0.39, 0.29) is 0 Å². The van der Waals surface area contributed by atoms with E-state index >= 15 is 0 Å². The van der Waals surface area contributed by atoms with Crippen molar-refractivity contribution in [1.82, 2.24) is 0 Å². The Hall–Kier alpha value is -0.760. The molecule has 14 heavy (non-hydrogen) atoms. The zero-order chi connectivity index (χ0) is 9.97. The topological polar surface area (TPSA) is 12.4 Å². The molecule has 1 aliphatic rings. The first-order chi connectivity index (χ1) is 6.86. The van der Waals surface area contributed by atoms with Crippen molar-refractivity contribution < 1.29 is 0 Å². The van der Waals surface area contributed by atoms with Crippen LogP contribution < -0.4 is 0 Å². The molecule has 2 heteroatoms. The monoisotopic (exact) mass is 205 g/mol. The van der Waals surface area contributed by atoms with Crippen LogP contribution in [0.1, 0.15) is 31.2 Å². The molecule has 1 aliphatic carbocycles. The summed E-state index contributed by atoms with van der Waals surface area (Å²) in [4.78, 5) is 5.46. The molecule has 0 aliphatic heterocycles. The van der Waals surface area contributed by atoms with Crippen molar-refractivity contribution in [2.24, 2.45) is 4.99 Å². The lowest BCUT2D eigenvalue weighted by Crippen LogP contribution is -1.83. The molecule has 0 atom stereocenters. The van der Waals surface area contributed by atoms with E-state index in [9.17, 15) is 0 Å². The lowest BCUT2D eigenvalue weighted by Gasteiger charge is -2.08. The van der Waals surface area contributed by atoms with E-state index in [0.717, 1.165) is 17.4 Å². The first kappa shape index (κ1) is 9.78. The van der Waals surface area contributed by atoms with E-state index < -0.39 is 0 Å². The van der Waals surface area contributed by atoms with Crippen molar-refractivity contribution in [3.8, 4) is 0 Å². The van der Waals surface area contributed by atoms with Gasteiger partial charge in [0.25, 0.3) is 0 Å². The molecule has 1 nitrogen and oxygen atoms in total. The van der Waals surface area contributed by atoms with Crippen LogP contribution in [0.15, 0.2) is 28.1 Å². The molecule has 0 amide bonds. The largest absolute Gasteiger partial charge is 0.263 e. The SMILES string of the molecule is C=Nc1c(SCC)cccc1C1CC1. The number of rotatable bonds is 4. The molecule has 0 radical (unpaired) electrons. The van der Waals surface area contributed by atoms with Gasteiger partial charge in [-0.25, -0.2) is 0 Å². The zero-order valence-corrected chi connectivity index (χ0v) is 9.31. The number of hydrogen-bond donors (Lipinski definition) is 0. The Morgan fingerprint density at radius 1 is 1.50 bits per heavy atom. The number of aliphatic imine (C=N–C) groups is 1. The Labute approximate surface area is 89.6 Å². The number of para-hydroxylation sites is 1. The van der Waals surface area contributed by atoms with Gasteiger partial charge < -0.3 is 0 Å². The maximum Gasteiger partial charge on any atom is 0.0792 e. The summed E-state index contributed by atoms with van der Waals surface area (Å²) in [6.45, 7) is 5.85. The van der Waals surface area contributed by atoms with E-state index in [2.05, 4.69) is 36.8 Å². The number of nitrogens with zero attached hydrogens (tertiary/aromatic N) is 1. The Balaban J connectivity index is 2.38. The number of thioether (sulfide) groups is 1. The molecule has 0 bridgehead atoms. The highest BCUT2D eigenvalue weighted by atomic mass is 32.2. The molecule has 1 aromatic rings. The van der Waals surface area contributed by atoms with Gasteiger partial charge in [-0.15, -0.1) is 11.8 Å². The van der Waals surface area contributed by atoms with Crippen LogP contribution in [0.3, 0.4) is 0 Å². The second-order valence-corrected chi connectivity index (χ2v) is 4.87. The summed E-state index contributed by atoms with van der Waals surface area (Å²) in [7, 11) is 0. The fourth-order valence-corrected chi connectivity index (χ4v) is 2.51. The Bertz CT molecular complexity index is 342. The maximum atomic E-state index is 4.18. The molecule has 0 aromatic heterocycles. The second kappa shape index (κ2) is 4.18. The van der Waals surface area contributed by atoms with Crippen molar-refractivity contribution in [3.63, 3.8) is 0 Å². The Morgan fingerprint density at radius 2 is 2.29 bits per heavy atom. The van der Waals surface area contributed by atoms with Gasteiger partial charge in [-0.1, -0.05) is 19.1 Å². The van der Waals surface area contributed by atoms with Gasteiger partial charge in [0.1, 0.15) is 0 Å². The Kier molecular flexibility index (Phi) is 2.92. The van der Waals surface area contributed by atoms with Crippen LogP contribution in [0.2, 0.25) is 0 Å². The number of benzene rings is 1. The van der Waals surface area contributed by atoms with Crippen LogP contribution in [0.4, 0.5) is 5.69 Å². The first-order valence-corrected chi connectivity index (χ1v) is 6.07. The van der Waals surface area contributed by atoms with E-state index in [0.29, 0.717) is 0 Å². The average Bonchev–Trinajstić information content (AvgIpc) is 3.01. The maximum absolute atomic E-state index is 4.18. The molecule has 1 fully saturated rings. The zero-order valence-electron chi connectivity index (χ0n) is 8.49. The molecule has 0 heterocycles. The molecule has 1 aromatic carbocycles. The predicted molar refractivity (Wildman–Crippen MR) is 64.0 cm³/mol. The van der Waals surface area contributed by atoms with Gasteiger partial charge in [-0.05, 0) is 42.9 Å². The lowest BCUT2D eigenvalue weighted by molar-refractivity contribution is 1.11. The fraction of sp³-hybridized carbons (Fsp3) is 0.417. The highest BCUT2D eigenvalue weighted by molar-refractivity contribution is 7.99. The third kappa shape index (κ3) is 1.85. The Morgan fingerprint density at radius 3 is 2.86 bits per heavy atom. The van der Waals surface area contributed by atoms with E-state index in [4.69, 9.17) is 0 Å². The third-order valence-corrected chi connectivity index (χ3v) is 3.43. The molecule has 74 valence electrons. The molecular formula is C12H15NS. The molecular weight excluding hydrogens is 190 g/mol. The highest BCUT2D eigenvalue weighted by Gasteiger charge is 2.26. The van der Waals surface area contributed by atoms with Gasteiger partial charge in [0, 0.05) is 4.90 Å². The minimum atomic E-state index is 0.757. The summed E-state index contributed by atoms with van der Waals surface area (Å²) in [5.74, 6) is 1.85. The van der Waals surface area contributed by atoms with Crippen LogP contribution in [0, 0.1) is 0 Å². The second-order valence-electron chi connectivity index (χ2n) is 3.56. The van der Waals surface area contributed by atoms with Crippen molar-refractivity contribution in [1.29, 1.82) is 0 Å². The molecule has 0 N–H and O–H groups in total. The summed E-state index contributed by atoms with van der Waals surface area (Å²) in [6.07, 6.45) is 2.64. The molecule has 2 rings (SSSR count). The van der Waals surface area contributed by atoms with Gasteiger partial charge in [0.2, 0.25) is 0 Å². The molecule has 0 saturated heterocycles. The highest BCUT2D eigenvalue weighted by Crippen LogP contribution is 2.46. The minimum Gasteiger partial charge on any atom is -0.263 e. The molecule has 0 spiro atoms. The van der Waals surface area contributed by atoms with Crippen molar-refractivity contribution in [2.45, 2.75) is 30.6 Å². The molecule has 0 unspecified atom stereocenters. The standard InChI is InChI=1S/C12H15NS/c1-3-14-11-6-4-5-10(9-7-8-9)12(11)13-2/h4-6,9H,2-3,7-8H2,1H3. The normalized spacial score (nSPS) is 15.5.